The van der Waals surface area contributed by atoms with E-state index >= 15 is 0 Å². The number of ether oxygens (including phenoxy) is 1. The molecular formula is C24H26N2O4. The molecule has 1 N–H and O–H groups in total. The number of nitrogens with zero attached hydrogens (tertiary/aromatic N) is 1. The number of amides is 2. The first-order valence-corrected chi connectivity index (χ1v) is 10.1. The molecular weight excluding hydrogens is 380 g/mol. The maximum Gasteiger partial charge on any atom is 0.309 e. The van der Waals surface area contributed by atoms with Crippen molar-refractivity contribution in [3.05, 3.63) is 71.8 Å². The number of likely N-dealkylation sites (tertiary alicyclic amines) is 1. The number of hydrogen-bond acceptors (Lipinski definition) is 4. The van der Waals surface area contributed by atoms with Gasteiger partial charge in [0.05, 0.1) is 5.92 Å². The minimum Gasteiger partial charge on any atom is -0.455 e. The third kappa shape index (κ3) is 6.30. The Hall–Kier alpha value is -3.41. The predicted octanol–water partition coefficient (Wildman–Crippen LogP) is 3.43. The SMILES string of the molecule is Cc1ccc(NC(=O)COC(=O)C2CCN(C(=O)/C=C/c3ccccc3)CC2)cc1. The standard InChI is InChI=1S/C24H26N2O4/c1-18-7-10-21(11-8-18)25-22(27)17-30-24(29)20-13-15-26(16-14-20)23(28)12-9-19-5-3-2-4-6-19/h2-12,20H,13-17H2,1H3,(H,25,27)/b12-9+. The van der Waals surface area contributed by atoms with Crippen LogP contribution in [0.25, 0.3) is 6.08 Å². The number of nitrogens with one attached hydrogen (secondary N) is 1. The van der Waals surface area contributed by atoms with Crippen LogP contribution in [0.4, 0.5) is 5.69 Å². The number of rotatable bonds is 6. The molecule has 0 aliphatic carbocycles. The molecule has 0 radical (unpaired) electrons. The first-order valence-electron chi connectivity index (χ1n) is 10.1. The lowest BCUT2D eigenvalue weighted by atomic mass is 9.97. The lowest BCUT2D eigenvalue weighted by Gasteiger charge is -2.30. The molecule has 1 heterocycles. The number of aryl methyl sites for hydroxylation is 1. The lowest BCUT2D eigenvalue weighted by Crippen LogP contribution is -2.40. The fraction of sp³-hybridized carbons (Fsp3) is 0.292. The van der Waals surface area contributed by atoms with Crippen molar-refractivity contribution in [3.8, 4) is 0 Å². The summed E-state index contributed by atoms with van der Waals surface area (Å²) in [4.78, 5) is 38.3. The van der Waals surface area contributed by atoms with Gasteiger partial charge < -0.3 is 15.0 Å². The van der Waals surface area contributed by atoms with Gasteiger partial charge in [0, 0.05) is 24.9 Å². The van der Waals surface area contributed by atoms with Crippen molar-refractivity contribution in [2.75, 3.05) is 25.0 Å². The van der Waals surface area contributed by atoms with Crippen molar-refractivity contribution in [2.45, 2.75) is 19.8 Å². The van der Waals surface area contributed by atoms with Crippen molar-refractivity contribution < 1.29 is 19.1 Å². The van der Waals surface area contributed by atoms with E-state index in [-0.39, 0.29) is 30.3 Å². The van der Waals surface area contributed by atoms with E-state index < -0.39 is 0 Å². The average Bonchev–Trinajstić information content (AvgIpc) is 2.78. The molecule has 2 aromatic rings. The summed E-state index contributed by atoms with van der Waals surface area (Å²) in [6.07, 6.45) is 4.41. The Bertz CT molecular complexity index is 899. The van der Waals surface area contributed by atoms with Crippen molar-refractivity contribution in [1.29, 1.82) is 0 Å². The number of esters is 1. The minimum atomic E-state index is -0.388. The van der Waals surface area contributed by atoms with Gasteiger partial charge in [0.25, 0.3) is 5.91 Å². The molecule has 0 aromatic heterocycles. The van der Waals surface area contributed by atoms with Gasteiger partial charge in [0.2, 0.25) is 5.91 Å². The second-order valence-electron chi connectivity index (χ2n) is 7.37. The summed E-state index contributed by atoms with van der Waals surface area (Å²) in [5, 5.41) is 2.70. The van der Waals surface area contributed by atoms with Gasteiger partial charge in [0.15, 0.2) is 6.61 Å². The fourth-order valence-corrected chi connectivity index (χ4v) is 3.26. The van der Waals surface area contributed by atoms with E-state index in [9.17, 15) is 14.4 Å². The monoisotopic (exact) mass is 406 g/mol. The topological polar surface area (TPSA) is 75.7 Å². The Morgan fingerprint density at radius 1 is 1.03 bits per heavy atom. The summed E-state index contributed by atoms with van der Waals surface area (Å²) in [6.45, 7) is 2.64. The lowest BCUT2D eigenvalue weighted by molar-refractivity contribution is -0.153. The van der Waals surface area contributed by atoms with Gasteiger partial charge in [-0.2, -0.15) is 0 Å². The van der Waals surface area contributed by atoms with Gasteiger partial charge in [-0.05, 0) is 43.5 Å². The maximum absolute atomic E-state index is 12.3. The molecule has 30 heavy (non-hydrogen) atoms. The highest BCUT2D eigenvalue weighted by molar-refractivity contribution is 5.93. The zero-order valence-corrected chi connectivity index (χ0v) is 17.0. The number of benzene rings is 2. The number of carbonyl (C=O) groups excluding carboxylic acids is 3. The molecule has 1 saturated heterocycles. The molecule has 0 spiro atoms. The van der Waals surface area contributed by atoms with Gasteiger partial charge in [-0.15, -0.1) is 0 Å². The molecule has 1 fully saturated rings. The molecule has 1 aliphatic heterocycles. The van der Waals surface area contributed by atoms with E-state index in [0.717, 1.165) is 11.1 Å². The second-order valence-corrected chi connectivity index (χ2v) is 7.37. The highest BCUT2D eigenvalue weighted by Gasteiger charge is 2.28. The first-order chi connectivity index (χ1) is 14.5. The molecule has 2 aromatic carbocycles. The molecule has 6 heteroatoms. The minimum absolute atomic E-state index is 0.0665. The number of carbonyl (C=O) groups is 3. The molecule has 156 valence electrons. The Kier molecular flexibility index (Phi) is 7.38. The quantitative estimate of drug-likeness (QED) is 0.589. The van der Waals surface area contributed by atoms with Crippen LogP contribution in [-0.4, -0.2) is 42.4 Å². The molecule has 0 atom stereocenters. The largest absolute Gasteiger partial charge is 0.455 e. The molecule has 0 unspecified atom stereocenters. The fourth-order valence-electron chi connectivity index (χ4n) is 3.26. The zero-order chi connectivity index (χ0) is 21.3. The Balaban J connectivity index is 1.39. The summed E-state index contributed by atoms with van der Waals surface area (Å²) < 4.78 is 5.17. The second kappa shape index (κ2) is 10.4. The summed E-state index contributed by atoms with van der Waals surface area (Å²) in [7, 11) is 0. The number of anilines is 1. The van der Waals surface area contributed by atoms with Crippen LogP contribution < -0.4 is 5.32 Å². The van der Waals surface area contributed by atoms with Crippen molar-refractivity contribution in [2.24, 2.45) is 5.92 Å². The van der Waals surface area contributed by atoms with Gasteiger partial charge in [-0.1, -0.05) is 48.0 Å². The zero-order valence-electron chi connectivity index (χ0n) is 17.0. The molecule has 3 rings (SSSR count). The highest BCUT2D eigenvalue weighted by atomic mass is 16.5. The Labute approximate surface area is 176 Å². The third-order valence-electron chi connectivity index (χ3n) is 5.04. The van der Waals surface area contributed by atoms with Crippen LogP contribution >= 0.6 is 0 Å². The Morgan fingerprint density at radius 2 is 1.70 bits per heavy atom. The molecule has 0 bridgehead atoms. The van der Waals surface area contributed by atoms with E-state index in [0.29, 0.717) is 31.6 Å². The maximum atomic E-state index is 12.3. The van der Waals surface area contributed by atoms with Crippen LogP contribution in [0.15, 0.2) is 60.7 Å². The average molecular weight is 406 g/mol. The summed E-state index contributed by atoms with van der Waals surface area (Å²) in [5.74, 6) is -1.12. The molecule has 1 aliphatic rings. The van der Waals surface area contributed by atoms with Crippen LogP contribution in [0.2, 0.25) is 0 Å². The van der Waals surface area contributed by atoms with Crippen LogP contribution in [0.1, 0.15) is 24.0 Å². The van der Waals surface area contributed by atoms with Crippen molar-refractivity contribution >= 4 is 29.5 Å². The first kappa shape index (κ1) is 21.3. The van der Waals surface area contributed by atoms with E-state index in [2.05, 4.69) is 5.32 Å². The van der Waals surface area contributed by atoms with Crippen LogP contribution in [-0.2, 0) is 19.1 Å². The smallest absolute Gasteiger partial charge is 0.309 e. The normalized spacial score (nSPS) is 14.5. The number of piperidine rings is 1. The van der Waals surface area contributed by atoms with Gasteiger partial charge in [0.1, 0.15) is 0 Å². The van der Waals surface area contributed by atoms with Gasteiger partial charge in [-0.3, -0.25) is 14.4 Å². The van der Waals surface area contributed by atoms with E-state index in [4.69, 9.17) is 4.74 Å². The summed E-state index contributed by atoms with van der Waals surface area (Å²) in [5.41, 5.74) is 2.73. The predicted molar refractivity (Wildman–Crippen MR) is 116 cm³/mol. The van der Waals surface area contributed by atoms with Gasteiger partial charge in [-0.25, -0.2) is 0 Å². The van der Waals surface area contributed by atoms with Crippen LogP contribution in [0, 0.1) is 12.8 Å². The van der Waals surface area contributed by atoms with Crippen LogP contribution in [0.3, 0.4) is 0 Å². The van der Waals surface area contributed by atoms with Gasteiger partial charge >= 0.3 is 5.97 Å². The van der Waals surface area contributed by atoms with Crippen molar-refractivity contribution in [3.63, 3.8) is 0 Å². The highest BCUT2D eigenvalue weighted by Crippen LogP contribution is 2.19. The molecule has 6 nitrogen and oxygen atoms in total. The van der Waals surface area contributed by atoms with Crippen LogP contribution in [0.5, 0.6) is 0 Å². The van der Waals surface area contributed by atoms with E-state index in [1.54, 1.807) is 29.2 Å². The van der Waals surface area contributed by atoms with E-state index in [1.165, 1.54) is 0 Å². The van der Waals surface area contributed by atoms with Crippen molar-refractivity contribution in [1.82, 2.24) is 4.90 Å². The summed E-state index contributed by atoms with van der Waals surface area (Å²) >= 11 is 0. The Morgan fingerprint density at radius 3 is 2.37 bits per heavy atom. The number of hydrogen-bond donors (Lipinski definition) is 1. The molecule has 2 amide bonds. The summed E-state index contributed by atoms with van der Waals surface area (Å²) in [6, 6.07) is 17.0. The third-order valence-corrected chi connectivity index (χ3v) is 5.04. The molecule has 0 saturated carbocycles. The van der Waals surface area contributed by atoms with E-state index in [1.807, 2.05) is 49.4 Å².